The normalized spacial score (nSPS) is 11.0. The molecule has 0 spiro atoms. The van der Waals surface area contributed by atoms with Crippen LogP contribution < -0.4 is 27.1 Å². The second-order valence-corrected chi connectivity index (χ2v) is 9.22. The number of aromatic nitrogens is 1. The topological polar surface area (TPSA) is 182 Å². The number of carbonyl (C=O) groups excluding carboxylic acids is 1. The van der Waals surface area contributed by atoms with E-state index in [1.807, 2.05) is 0 Å². The van der Waals surface area contributed by atoms with Crippen LogP contribution in [0.1, 0.15) is 16.8 Å². The van der Waals surface area contributed by atoms with Crippen LogP contribution in [-0.2, 0) is 31.8 Å². The number of halogens is 2. The number of nitrogens with zero attached hydrogens (tertiary/aromatic N) is 1. The molecule has 14 heteroatoms. The third-order valence-corrected chi connectivity index (χ3v) is 5.71. The molecule has 174 valence electrons. The fourth-order valence-corrected chi connectivity index (χ4v) is 4.36. The third kappa shape index (κ3) is 7.94. The number of nitrogens with one attached hydrogen (secondary N) is 3. The van der Waals surface area contributed by atoms with Crippen molar-refractivity contribution in [3.05, 3.63) is 61.5 Å². The zero-order valence-electron chi connectivity index (χ0n) is 16.9. The molecule has 1 aromatic heterocycles. The number of aromatic amines is 1. The van der Waals surface area contributed by atoms with Gasteiger partial charge in [-0.2, -0.15) is 0 Å². The summed E-state index contributed by atoms with van der Waals surface area (Å²) in [7, 11) is -4.06. The molecule has 0 fully saturated rings. The van der Waals surface area contributed by atoms with Crippen LogP contribution in [0, 0.1) is 6.92 Å². The van der Waals surface area contributed by atoms with E-state index >= 15 is 0 Å². The number of anilines is 1. The van der Waals surface area contributed by atoms with Gasteiger partial charge in [0.2, 0.25) is 21.9 Å². The molecule has 7 N–H and O–H groups in total. The molecule has 2 rings (SSSR count). The first-order valence-corrected chi connectivity index (χ1v) is 11.5. The Morgan fingerprint density at radius 2 is 1.94 bits per heavy atom. The van der Waals surface area contributed by atoms with Gasteiger partial charge in [-0.15, -0.1) is 0 Å². The summed E-state index contributed by atoms with van der Waals surface area (Å²) in [4.78, 5) is 32.0. The first-order valence-electron chi connectivity index (χ1n) is 9.11. The van der Waals surface area contributed by atoms with Crippen LogP contribution in [0.15, 0.2) is 34.2 Å². The summed E-state index contributed by atoms with van der Waals surface area (Å²) in [5.74, 6) is -1.25. The average molecular weight is 505 g/mol. The van der Waals surface area contributed by atoms with Crippen molar-refractivity contribution in [2.75, 3.05) is 17.9 Å². The summed E-state index contributed by atoms with van der Waals surface area (Å²) in [5.41, 5.74) is 10.2. The van der Waals surface area contributed by atoms with Crippen molar-refractivity contribution in [2.45, 2.75) is 19.1 Å². The molecular weight excluding hydrogens is 483 g/mol. The smallest absolute Gasteiger partial charge is 0.272 e. The molecule has 2 aromatic rings. The molecule has 0 saturated heterocycles. The molecule has 0 saturated carbocycles. The molecule has 0 radical (unpaired) electrons. The van der Waals surface area contributed by atoms with Gasteiger partial charge in [0.1, 0.15) is 12.3 Å². The lowest BCUT2D eigenvalue weighted by molar-refractivity contribution is -0.120. The van der Waals surface area contributed by atoms with Gasteiger partial charge in [-0.25, -0.2) is 8.42 Å². The number of guanidine groups is 1. The molecule has 1 aromatic carbocycles. The van der Waals surface area contributed by atoms with E-state index in [0.717, 1.165) is 0 Å². The SMILES string of the molecule is Cc1cc(CC(=O)NCCON=C(N)N)c(NS(=O)(=O)Cc2cc(Cl)ccc2Cl)c(=O)[nH]1. The molecular formula is C18H22Cl2N6O5S. The van der Waals surface area contributed by atoms with Crippen molar-refractivity contribution in [1.82, 2.24) is 10.3 Å². The van der Waals surface area contributed by atoms with E-state index in [1.54, 1.807) is 6.92 Å². The highest BCUT2D eigenvalue weighted by Crippen LogP contribution is 2.23. The Morgan fingerprint density at radius 3 is 2.62 bits per heavy atom. The number of amides is 1. The summed E-state index contributed by atoms with van der Waals surface area (Å²) in [6, 6.07) is 5.92. The summed E-state index contributed by atoms with van der Waals surface area (Å²) in [5, 5.41) is 6.38. The Labute approximate surface area is 194 Å². The van der Waals surface area contributed by atoms with Gasteiger partial charge in [-0.1, -0.05) is 23.2 Å². The number of nitrogens with two attached hydrogens (primary N) is 2. The summed E-state index contributed by atoms with van der Waals surface area (Å²) >= 11 is 11.9. The minimum atomic E-state index is -4.06. The molecule has 0 atom stereocenters. The quantitative estimate of drug-likeness (QED) is 0.137. The predicted molar refractivity (Wildman–Crippen MR) is 123 cm³/mol. The lowest BCUT2D eigenvalue weighted by Crippen LogP contribution is -2.30. The Hall–Kier alpha value is -2.96. The number of carbonyl (C=O) groups is 1. The van der Waals surface area contributed by atoms with Crippen LogP contribution in [0.3, 0.4) is 0 Å². The third-order valence-electron chi connectivity index (χ3n) is 3.90. The average Bonchev–Trinajstić information content (AvgIpc) is 2.66. The van der Waals surface area contributed by atoms with E-state index in [2.05, 4.69) is 20.2 Å². The maximum Gasteiger partial charge on any atom is 0.272 e. The number of rotatable bonds is 10. The van der Waals surface area contributed by atoms with E-state index in [4.69, 9.17) is 39.5 Å². The number of aryl methyl sites for hydroxylation is 1. The zero-order valence-corrected chi connectivity index (χ0v) is 19.3. The Bertz CT molecular complexity index is 1180. The van der Waals surface area contributed by atoms with Crippen molar-refractivity contribution < 1.29 is 18.0 Å². The van der Waals surface area contributed by atoms with Crippen LogP contribution >= 0.6 is 23.2 Å². The van der Waals surface area contributed by atoms with Crippen molar-refractivity contribution >= 4 is 50.8 Å². The second-order valence-electron chi connectivity index (χ2n) is 6.65. The number of sulfonamides is 1. The highest BCUT2D eigenvalue weighted by atomic mass is 35.5. The van der Waals surface area contributed by atoms with Gasteiger partial charge in [0.15, 0.2) is 0 Å². The Kier molecular flexibility index (Phi) is 8.75. The first kappa shape index (κ1) is 25.3. The summed E-state index contributed by atoms with van der Waals surface area (Å²) in [6.07, 6.45) is -0.261. The largest absolute Gasteiger partial charge is 0.391 e. The van der Waals surface area contributed by atoms with Crippen molar-refractivity contribution in [3.63, 3.8) is 0 Å². The molecule has 32 heavy (non-hydrogen) atoms. The molecule has 0 aliphatic heterocycles. The van der Waals surface area contributed by atoms with Gasteiger partial charge in [0, 0.05) is 15.7 Å². The standard InChI is InChI=1S/C18H22Cl2N6O5S/c1-10-6-11(8-15(27)23-4-5-31-25-18(21)22)16(17(28)24-10)26-32(29,30)9-12-7-13(19)2-3-14(12)20/h2-3,6-7,26H,4-5,8-9H2,1H3,(H,23,27)(H,24,28)(H4,21,22,25). The number of pyridine rings is 1. The molecule has 1 heterocycles. The lowest BCUT2D eigenvalue weighted by Gasteiger charge is -2.13. The van der Waals surface area contributed by atoms with Crippen LogP contribution in [0.25, 0.3) is 0 Å². The number of benzene rings is 1. The minimum absolute atomic E-state index is 0.0118. The predicted octanol–water partition coefficient (Wildman–Crippen LogP) is 0.796. The minimum Gasteiger partial charge on any atom is -0.391 e. The van der Waals surface area contributed by atoms with E-state index in [0.29, 0.717) is 10.7 Å². The molecule has 1 amide bonds. The van der Waals surface area contributed by atoms with Crippen molar-refractivity contribution in [2.24, 2.45) is 16.6 Å². The van der Waals surface area contributed by atoms with Crippen LogP contribution in [-0.4, -0.2) is 38.4 Å². The van der Waals surface area contributed by atoms with Crippen LogP contribution in [0.2, 0.25) is 10.0 Å². The zero-order chi connectivity index (χ0) is 23.9. The van der Waals surface area contributed by atoms with E-state index in [9.17, 15) is 18.0 Å². The van der Waals surface area contributed by atoms with Crippen LogP contribution in [0.4, 0.5) is 5.69 Å². The highest BCUT2D eigenvalue weighted by molar-refractivity contribution is 7.91. The number of oxime groups is 1. The fraction of sp³-hybridized carbons (Fsp3) is 0.278. The highest BCUT2D eigenvalue weighted by Gasteiger charge is 2.20. The van der Waals surface area contributed by atoms with Gasteiger partial charge in [0.25, 0.3) is 5.56 Å². The van der Waals surface area contributed by atoms with Gasteiger partial charge in [-0.3, -0.25) is 14.3 Å². The van der Waals surface area contributed by atoms with Gasteiger partial charge in [0.05, 0.1) is 18.7 Å². The van der Waals surface area contributed by atoms with E-state index < -0.39 is 27.2 Å². The van der Waals surface area contributed by atoms with Crippen molar-refractivity contribution in [1.29, 1.82) is 0 Å². The second kappa shape index (κ2) is 11.1. The van der Waals surface area contributed by atoms with E-state index in [1.165, 1.54) is 24.3 Å². The molecule has 0 unspecified atom stereocenters. The fourth-order valence-electron chi connectivity index (χ4n) is 2.65. The Morgan fingerprint density at radius 1 is 1.22 bits per heavy atom. The van der Waals surface area contributed by atoms with E-state index in [-0.39, 0.29) is 47.4 Å². The van der Waals surface area contributed by atoms with Gasteiger partial charge < -0.3 is 26.6 Å². The maximum atomic E-state index is 12.7. The maximum absolute atomic E-state index is 12.7. The number of hydrogen-bond donors (Lipinski definition) is 5. The molecule has 0 aliphatic carbocycles. The summed E-state index contributed by atoms with van der Waals surface area (Å²) < 4.78 is 27.6. The lowest BCUT2D eigenvalue weighted by atomic mass is 10.1. The van der Waals surface area contributed by atoms with Crippen LogP contribution in [0.5, 0.6) is 0 Å². The monoisotopic (exact) mass is 504 g/mol. The van der Waals surface area contributed by atoms with Gasteiger partial charge in [-0.05, 0) is 47.5 Å². The number of hydrogen-bond acceptors (Lipinski definition) is 6. The molecule has 0 aliphatic rings. The van der Waals surface area contributed by atoms with Crippen molar-refractivity contribution in [3.8, 4) is 0 Å². The van der Waals surface area contributed by atoms with Gasteiger partial charge >= 0.3 is 0 Å². The first-order chi connectivity index (χ1) is 15.0. The number of H-pyrrole nitrogens is 1. The Balaban J connectivity index is 2.16. The molecule has 11 nitrogen and oxygen atoms in total. The molecule has 0 bridgehead atoms. The summed E-state index contributed by atoms with van der Waals surface area (Å²) in [6.45, 7) is 1.71.